The van der Waals surface area contributed by atoms with Crippen LogP contribution >= 0.6 is 12.2 Å². The van der Waals surface area contributed by atoms with Gasteiger partial charge in [0.2, 0.25) is 0 Å². The molecule has 0 spiro atoms. The van der Waals surface area contributed by atoms with Gasteiger partial charge in [0.1, 0.15) is 0 Å². The average Bonchev–Trinajstić information content (AvgIpc) is 2.11. The van der Waals surface area contributed by atoms with Gasteiger partial charge in [0.25, 0.3) is 0 Å². The van der Waals surface area contributed by atoms with Crippen LogP contribution in [0.1, 0.15) is 27.2 Å². The number of hydrogen-bond donors (Lipinski definition) is 2. The van der Waals surface area contributed by atoms with Crippen LogP contribution in [0, 0.1) is 0 Å². The van der Waals surface area contributed by atoms with Gasteiger partial charge in [0.15, 0.2) is 5.11 Å². The van der Waals surface area contributed by atoms with Gasteiger partial charge in [-0.3, -0.25) is 0 Å². The predicted molar refractivity (Wildman–Crippen MR) is 66.7 cm³/mol. The zero-order chi connectivity index (χ0) is 11.2. The van der Waals surface area contributed by atoms with Crippen molar-refractivity contribution in [3.63, 3.8) is 0 Å². The lowest BCUT2D eigenvalue weighted by molar-refractivity contribution is 0.198. The highest BCUT2D eigenvalue weighted by Crippen LogP contribution is 2.07. The molecule has 0 amide bonds. The van der Waals surface area contributed by atoms with Crippen LogP contribution in [0.25, 0.3) is 0 Å². The number of thiocarbonyl (C=S) groups is 1. The molecule has 0 aromatic carbocycles. The van der Waals surface area contributed by atoms with Gasteiger partial charge in [-0.25, -0.2) is 0 Å². The molecule has 3 nitrogen and oxygen atoms in total. The fourth-order valence-electron chi connectivity index (χ4n) is 0.756. The first-order chi connectivity index (χ1) is 6.40. The lowest BCUT2D eigenvalue weighted by atomic mass is 10.1. The summed E-state index contributed by atoms with van der Waals surface area (Å²) in [5.74, 6) is 0. The Morgan fingerprint density at radius 1 is 1.29 bits per heavy atom. The summed E-state index contributed by atoms with van der Waals surface area (Å²) >= 11 is 5.13. The molecule has 0 saturated carbocycles. The summed E-state index contributed by atoms with van der Waals surface area (Å²) < 4.78 is 0. The highest BCUT2D eigenvalue weighted by atomic mass is 32.1. The van der Waals surface area contributed by atoms with Crippen molar-refractivity contribution in [3.8, 4) is 0 Å². The summed E-state index contributed by atoms with van der Waals surface area (Å²) in [5.41, 5.74) is 0.123. The van der Waals surface area contributed by atoms with Gasteiger partial charge >= 0.3 is 0 Å². The molecule has 84 valence electrons. The zero-order valence-corrected chi connectivity index (χ0v) is 10.8. The van der Waals surface area contributed by atoms with Crippen LogP contribution in [-0.2, 0) is 0 Å². The minimum Gasteiger partial charge on any atom is -0.363 e. The van der Waals surface area contributed by atoms with Crippen LogP contribution < -0.4 is 10.6 Å². The fourth-order valence-corrected chi connectivity index (χ4v) is 0.930. The van der Waals surface area contributed by atoms with Gasteiger partial charge in [-0.2, -0.15) is 0 Å². The predicted octanol–water partition coefficient (Wildman–Crippen LogP) is 1.20. The molecule has 0 atom stereocenters. The zero-order valence-electron chi connectivity index (χ0n) is 9.98. The normalized spacial score (nSPS) is 11.6. The van der Waals surface area contributed by atoms with E-state index in [0.717, 1.165) is 24.6 Å². The maximum Gasteiger partial charge on any atom is 0.166 e. The molecular formula is C10H23N3S. The molecule has 0 aliphatic rings. The van der Waals surface area contributed by atoms with Crippen LogP contribution in [0.5, 0.6) is 0 Å². The van der Waals surface area contributed by atoms with Crippen molar-refractivity contribution in [3.05, 3.63) is 0 Å². The van der Waals surface area contributed by atoms with Crippen LogP contribution in [0.2, 0.25) is 0 Å². The first-order valence-corrected chi connectivity index (χ1v) is 5.50. The Balaban J connectivity index is 3.76. The monoisotopic (exact) mass is 217 g/mol. The number of likely N-dealkylation sites (N-methyl/N-ethyl adjacent to an activating group) is 1. The Hall–Kier alpha value is -0.350. The lowest BCUT2D eigenvalue weighted by Gasteiger charge is -2.33. The molecule has 0 aromatic rings. The molecule has 0 saturated heterocycles. The first kappa shape index (κ1) is 13.7. The van der Waals surface area contributed by atoms with Gasteiger partial charge in [-0.05, 0) is 46.6 Å². The molecule has 0 unspecified atom stereocenters. The summed E-state index contributed by atoms with van der Waals surface area (Å²) in [7, 11) is 4.15. The van der Waals surface area contributed by atoms with Crippen LogP contribution in [0.3, 0.4) is 0 Å². The maximum absolute atomic E-state index is 5.13. The summed E-state index contributed by atoms with van der Waals surface area (Å²) in [6.45, 7) is 8.29. The topological polar surface area (TPSA) is 27.3 Å². The smallest absolute Gasteiger partial charge is 0.166 e. The van der Waals surface area contributed by atoms with Gasteiger partial charge in [-0.1, -0.05) is 6.92 Å². The summed E-state index contributed by atoms with van der Waals surface area (Å²) in [5, 5.41) is 7.12. The summed E-state index contributed by atoms with van der Waals surface area (Å²) in [6, 6.07) is 0. The molecule has 14 heavy (non-hydrogen) atoms. The fraction of sp³-hybridized carbons (Fsp3) is 0.900. The van der Waals surface area contributed by atoms with E-state index in [0.29, 0.717) is 0 Å². The molecule has 0 heterocycles. The SMILES string of the molecule is CCCNC(=S)NCC(C)(C)N(C)C. The summed E-state index contributed by atoms with van der Waals surface area (Å²) in [6.07, 6.45) is 1.10. The van der Waals surface area contributed by atoms with Crippen molar-refractivity contribution in [1.29, 1.82) is 0 Å². The van der Waals surface area contributed by atoms with Crippen LogP contribution in [0.4, 0.5) is 0 Å². The Bertz CT molecular complexity index is 178. The standard InChI is InChI=1S/C10H23N3S/c1-6-7-11-9(14)12-8-10(2,3)13(4)5/h6-8H2,1-5H3,(H2,11,12,14). The number of nitrogens with one attached hydrogen (secondary N) is 2. The van der Waals surface area contributed by atoms with Crippen molar-refractivity contribution >= 4 is 17.3 Å². The van der Waals surface area contributed by atoms with E-state index in [-0.39, 0.29) is 5.54 Å². The highest BCUT2D eigenvalue weighted by molar-refractivity contribution is 7.80. The van der Waals surface area contributed by atoms with Gasteiger partial charge in [-0.15, -0.1) is 0 Å². The van der Waals surface area contributed by atoms with E-state index in [9.17, 15) is 0 Å². The third kappa shape index (κ3) is 5.40. The van der Waals surface area contributed by atoms with Gasteiger partial charge < -0.3 is 15.5 Å². The van der Waals surface area contributed by atoms with Gasteiger partial charge in [0.05, 0.1) is 0 Å². The summed E-state index contributed by atoms with van der Waals surface area (Å²) in [4.78, 5) is 2.18. The van der Waals surface area contributed by atoms with Gasteiger partial charge in [0, 0.05) is 18.6 Å². The average molecular weight is 217 g/mol. The number of rotatable bonds is 5. The number of nitrogens with zero attached hydrogens (tertiary/aromatic N) is 1. The minimum atomic E-state index is 0.123. The van der Waals surface area contributed by atoms with E-state index >= 15 is 0 Å². The third-order valence-electron chi connectivity index (χ3n) is 2.43. The molecule has 0 fully saturated rings. The molecule has 2 N–H and O–H groups in total. The lowest BCUT2D eigenvalue weighted by Crippen LogP contribution is -2.50. The van der Waals surface area contributed by atoms with E-state index in [2.05, 4.69) is 50.4 Å². The molecule has 0 aliphatic heterocycles. The molecule has 4 heteroatoms. The van der Waals surface area contributed by atoms with Crippen molar-refractivity contribution in [1.82, 2.24) is 15.5 Å². The Kier molecular flexibility index (Phi) is 6.04. The third-order valence-corrected chi connectivity index (χ3v) is 2.72. The first-order valence-electron chi connectivity index (χ1n) is 5.09. The molecule has 0 rings (SSSR count). The van der Waals surface area contributed by atoms with E-state index in [1.54, 1.807) is 0 Å². The largest absolute Gasteiger partial charge is 0.363 e. The molecule has 0 aromatic heterocycles. The Morgan fingerprint density at radius 3 is 2.29 bits per heavy atom. The van der Waals surface area contributed by atoms with E-state index in [4.69, 9.17) is 12.2 Å². The highest BCUT2D eigenvalue weighted by Gasteiger charge is 2.19. The molecular weight excluding hydrogens is 194 g/mol. The van der Waals surface area contributed by atoms with Crippen molar-refractivity contribution < 1.29 is 0 Å². The number of hydrogen-bond acceptors (Lipinski definition) is 2. The molecule has 0 bridgehead atoms. The van der Waals surface area contributed by atoms with Crippen molar-refractivity contribution in [2.75, 3.05) is 27.2 Å². The quantitative estimate of drug-likeness (QED) is 0.677. The second-order valence-corrected chi connectivity index (χ2v) is 4.72. The molecule has 0 aliphatic carbocycles. The minimum absolute atomic E-state index is 0.123. The molecule has 0 radical (unpaired) electrons. The van der Waals surface area contributed by atoms with Crippen molar-refractivity contribution in [2.45, 2.75) is 32.7 Å². The Morgan fingerprint density at radius 2 is 1.86 bits per heavy atom. The van der Waals surface area contributed by atoms with E-state index in [1.165, 1.54) is 0 Å². The van der Waals surface area contributed by atoms with Crippen LogP contribution in [0.15, 0.2) is 0 Å². The van der Waals surface area contributed by atoms with Crippen molar-refractivity contribution in [2.24, 2.45) is 0 Å². The second kappa shape index (κ2) is 6.19. The second-order valence-electron chi connectivity index (χ2n) is 4.32. The Labute approximate surface area is 93.2 Å². The maximum atomic E-state index is 5.13. The van der Waals surface area contributed by atoms with E-state index in [1.807, 2.05) is 0 Å². The van der Waals surface area contributed by atoms with Crippen LogP contribution in [-0.4, -0.2) is 42.7 Å². The van der Waals surface area contributed by atoms with E-state index < -0.39 is 0 Å².